The fraction of sp³-hybridized carbons (Fsp3) is 0.350. The number of rotatable bonds is 5. The van der Waals surface area contributed by atoms with Gasteiger partial charge in [0.1, 0.15) is 5.69 Å². The largest absolute Gasteiger partial charge is 0.454 e. The van der Waals surface area contributed by atoms with E-state index >= 15 is 0 Å². The number of aromatic amines is 1. The number of carbonyl (C=O) groups is 1. The van der Waals surface area contributed by atoms with Crippen LogP contribution in [0.5, 0.6) is 11.5 Å². The molecule has 5 rings (SSSR count). The van der Waals surface area contributed by atoms with Crippen LogP contribution in [0.2, 0.25) is 0 Å². The van der Waals surface area contributed by atoms with Gasteiger partial charge in [0.25, 0.3) is 11.5 Å². The van der Waals surface area contributed by atoms with Gasteiger partial charge in [0, 0.05) is 32.1 Å². The monoisotopic (exact) mass is 396 g/mol. The summed E-state index contributed by atoms with van der Waals surface area (Å²) < 4.78 is 18.2. The van der Waals surface area contributed by atoms with Crippen molar-refractivity contribution in [1.29, 1.82) is 0 Å². The van der Waals surface area contributed by atoms with E-state index in [2.05, 4.69) is 15.5 Å². The molecule has 1 atom stereocenters. The van der Waals surface area contributed by atoms with E-state index < -0.39 is 0 Å². The van der Waals surface area contributed by atoms with E-state index in [-0.39, 0.29) is 24.4 Å². The van der Waals surface area contributed by atoms with Crippen LogP contribution in [0, 0.1) is 0 Å². The Morgan fingerprint density at radius 3 is 3.03 bits per heavy atom. The van der Waals surface area contributed by atoms with Crippen molar-refractivity contribution in [3.05, 3.63) is 52.1 Å². The first-order chi connectivity index (χ1) is 14.2. The van der Waals surface area contributed by atoms with Gasteiger partial charge in [0.05, 0.1) is 17.2 Å². The van der Waals surface area contributed by atoms with Crippen LogP contribution in [0.4, 0.5) is 0 Å². The highest BCUT2D eigenvalue weighted by Crippen LogP contribution is 2.32. The van der Waals surface area contributed by atoms with Gasteiger partial charge >= 0.3 is 0 Å². The molecule has 1 aromatic carbocycles. The Bertz CT molecular complexity index is 1080. The molecule has 1 saturated heterocycles. The molecule has 29 heavy (non-hydrogen) atoms. The number of benzene rings is 1. The summed E-state index contributed by atoms with van der Waals surface area (Å²) >= 11 is 0. The van der Waals surface area contributed by atoms with Crippen LogP contribution in [-0.2, 0) is 17.8 Å². The van der Waals surface area contributed by atoms with Gasteiger partial charge in [-0.15, -0.1) is 0 Å². The van der Waals surface area contributed by atoms with Crippen LogP contribution in [0.15, 0.2) is 35.4 Å². The molecule has 0 bridgehead atoms. The summed E-state index contributed by atoms with van der Waals surface area (Å²) in [5.74, 6) is 1.05. The zero-order valence-corrected chi connectivity index (χ0v) is 15.6. The number of carbonyl (C=O) groups excluding carboxylic acids is 1. The minimum absolute atomic E-state index is 0.0870. The average Bonchev–Trinajstić information content (AvgIpc) is 3.47. The summed E-state index contributed by atoms with van der Waals surface area (Å²) in [5.41, 5.74) is 1.67. The number of H-pyrrole nitrogens is 1. The van der Waals surface area contributed by atoms with Crippen molar-refractivity contribution in [2.75, 3.05) is 13.4 Å². The van der Waals surface area contributed by atoms with E-state index in [1.54, 1.807) is 12.4 Å². The molecule has 0 aromatic heterocycles. The molecule has 1 aromatic rings. The van der Waals surface area contributed by atoms with Crippen molar-refractivity contribution in [2.24, 2.45) is 0 Å². The molecular weight excluding hydrogens is 376 g/mol. The molecule has 9 nitrogen and oxygen atoms in total. The summed E-state index contributed by atoms with van der Waals surface area (Å²) in [7, 11) is 0. The third-order valence-electron chi connectivity index (χ3n) is 5.19. The summed E-state index contributed by atoms with van der Waals surface area (Å²) in [4.78, 5) is 25.0. The zero-order chi connectivity index (χ0) is 19.8. The summed E-state index contributed by atoms with van der Waals surface area (Å²) in [6.45, 7) is 1.85. The Hall–Kier alpha value is -3.33. The lowest BCUT2D eigenvalue weighted by Gasteiger charge is -2.16. The standard InChI is InChI=1S/C20H20N4O5/c25-19(21-7-12-3-4-16-17(6-12)29-11-28-16)14-9-24(8-13-2-1-5-27-13)10-15-18(14)22-23-20(15)26/h3-4,6,9-10,13H,1-2,5,7-8,11H2,(H,21,25)(H,23,26)/t13-/m0/s1. The predicted molar refractivity (Wildman–Crippen MR) is 102 cm³/mol. The molecule has 1 fully saturated rings. The van der Waals surface area contributed by atoms with Crippen LogP contribution in [0.1, 0.15) is 28.8 Å². The minimum Gasteiger partial charge on any atom is -0.454 e. The van der Waals surface area contributed by atoms with E-state index in [1.807, 2.05) is 22.8 Å². The van der Waals surface area contributed by atoms with E-state index in [4.69, 9.17) is 14.2 Å². The first kappa shape index (κ1) is 17.7. The van der Waals surface area contributed by atoms with Crippen molar-refractivity contribution in [3.8, 4) is 22.8 Å². The summed E-state index contributed by atoms with van der Waals surface area (Å²) in [6.07, 6.45) is 5.52. The van der Waals surface area contributed by atoms with Crippen LogP contribution >= 0.6 is 0 Å². The highest BCUT2D eigenvalue weighted by molar-refractivity contribution is 5.99. The molecular formula is C20H20N4O5. The Morgan fingerprint density at radius 2 is 2.17 bits per heavy atom. The number of nitrogens with one attached hydrogen (secondary N) is 2. The fourth-order valence-corrected chi connectivity index (χ4v) is 3.71. The maximum absolute atomic E-state index is 12.9. The molecule has 1 amide bonds. The van der Waals surface area contributed by atoms with Crippen molar-refractivity contribution >= 4 is 5.91 Å². The van der Waals surface area contributed by atoms with Crippen LogP contribution < -0.4 is 20.3 Å². The third-order valence-corrected chi connectivity index (χ3v) is 5.19. The van der Waals surface area contributed by atoms with Crippen molar-refractivity contribution in [2.45, 2.75) is 32.0 Å². The summed E-state index contributed by atoms with van der Waals surface area (Å²) in [5, 5.41) is 9.36. The maximum atomic E-state index is 12.9. The second-order valence-corrected chi connectivity index (χ2v) is 7.19. The molecule has 2 N–H and O–H groups in total. The highest BCUT2D eigenvalue weighted by Gasteiger charge is 2.23. The van der Waals surface area contributed by atoms with E-state index in [9.17, 15) is 9.59 Å². The van der Waals surface area contributed by atoms with Crippen molar-refractivity contribution in [1.82, 2.24) is 20.1 Å². The highest BCUT2D eigenvalue weighted by atomic mass is 16.7. The Morgan fingerprint density at radius 1 is 1.28 bits per heavy atom. The van der Waals surface area contributed by atoms with Crippen LogP contribution in [-0.4, -0.2) is 40.2 Å². The molecule has 4 heterocycles. The second kappa shape index (κ2) is 7.25. The number of nitrogens with zero attached hydrogens (tertiary/aromatic N) is 2. The minimum atomic E-state index is -0.313. The number of amides is 1. The molecule has 0 spiro atoms. The maximum Gasteiger partial charge on any atom is 0.275 e. The number of fused-ring (bicyclic) bond motifs is 2. The van der Waals surface area contributed by atoms with E-state index in [0.717, 1.165) is 25.0 Å². The van der Waals surface area contributed by atoms with Gasteiger partial charge in [-0.1, -0.05) is 6.07 Å². The number of ether oxygens (including phenoxy) is 3. The number of pyridine rings is 1. The SMILES string of the molecule is O=C(NCc1ccc2c(c1)OCO2)c1cn(C[C@@H]2CCCO2)cc2c(=O)[nH]nc1-2. The fourth-order valence-electron chi connectivity index (χ4n) is 3.71. The molecule has 9 heteroatoms. The van der Waals surface area contributed by atoms with Crippen molar-refractivity contribution < 1.29 is 19.0 Å². The Kier molecular flexibility index (Phi) is 4.44. The Balaban J connectivity index is 1.37. The van der Waals surface area contributed by atoms with Gasteiger partial charge in [-0.05, 0) is 30.5 Å². The van der Waals surface area contributed by atoms with Gasteiger partial charge in [-0.2, -0.15) is 5.10 Å². The molecule has 4 aliphatic heterocycles. The second-order valence-electron chi connectivity index (χ2n) is 7.19. The van der Waals surface area contributed by atoms with Gasteiger partial charge in [0.15, 0.2) is 11.5 Å². The lowest BCUT2D eigenvalue weighted by molar-refractivity contribution is 0.0935. The van der Waals surface area contributed by atoms with Gasteiger partial charge in [-0.25, -0.2) is 5.10 Å². The number of aromatic nitrogens is 3. The average molecular weight is 396 g/mol. The lowest BCUT2D eigenvalue weighted by atomic mass is 10.1. The molecule has 0 saturated carbocycles. The lowest BCUT2D eigenvalue weighted by Crippen LogP contribution is -2.25. The molecule has 0 unspecified atom stereocenters. The molecule has 150 valence electrons. The van der Waals surface area contributed by atoms with Gasteiger partial charge in [0.2, 0.25) is 6.79 Å². The number of hydrogen-bond donors (Lipinski definition) is 2. The van der Waals surface area contributed by atoms with Crippen molar-refractivity contribution in [3.63, 3.8) is 0 Å². The van der Waals surface area contributed by atoms with Crippen LogP contribution in [0.25, 0.3) is 11.3 Å². The number of hydrogen-bond acceptors (Lipinski definition) is 6. The molecule has 4 aliphatic rings. The predicted octanol–water partition coefficient (Wildman–Crippen LogP) is 1.51. The quantitative estimate of drug-likeness (QED) is 0.677. The normalized spacial score (nSPS) is 17.7. The molecule has 0 radical (unpaired) electrons. The summed E-state index contributed by atoms with van der Waals surface area (Å²) in [6, 6.07) is 5.53. The molecule has 0 aliphatic carbocycles. The smallest absolute Gasteiger partial charge is 0.275 e. The van der Waals surface area contributed by atoms with Gasteiger partial charge < -0.3 is 24.1 Å². The van der Waals surface area contributed by atoms with Gasteiger partial charge in [-0.3, -0.25) is 9.59 Å². The topological polar surface area (TPSA) is 107 Å². The zero-order valence-electron chi connectivity index (χ0n) is 15.6. The third kappa shape index (κ3) is 3.44. The first-order valence-corrected chi connectivity index (χ1v) is 9.54. The van der Waals surface area contributed by atoms with E-state index in [0.29, 0.717) is 41.4 Å². The first-order valence-electron chi connectivity index (χ1n) is 9.54. The Labute approximate surface area is 165 Å². The van der Waals surface area contributed by atoms with E-state index in [1.165, 1.54) is 0 Å². The van der Waals surface area contributed by atoms with Crippen LogP contribution in [0.3, 0.4) is 0 Å².